The Bertz CT molecular complexity index is 361. The van der Waals surface area contributed by atoms with Gasteiger partial charge in [-0.15, -0.1) is 0 Å². The highest BCUT2D eigenvalue weighted by atomic mass is 16.4. The Hall–Kier alpha value is -1.38. The second-order valence-corrected chi connectivity index (χ2v) is 3.96. The molecule has 0 aliphatic carbocycles. The maximum atomic E-state index is 11.1. The molecule has 0 radical (unpaired) electrons. The molecule has 0 bridgehead atoms. The smallest absolute Gasteiger partial charge is 0.354 e. The van der Waals surface area contributed by atoms with Gasteiger partial charge in [0.2, 0.25) is 0 Å². The zero-order valence-corrected chi connectivity index (χ0v) is 9.99. The highest BCUT2D eigenvalue weighted by Gasteiger charge is 2.14. The minimum atomic E-state index is -0.915. The van der Waals surface area contributed by atoms with Gasteiger partial charge in [0.1, 0.15) is 0 Å². The third-order valence-corrected chi connectivity index (χ3v) is 2.66. The number of aromatic carboxylic acids is 1. The van der Waals surface area contributed by atoms with Crippen LogP contribution in [0.25, 0.3) is 0 Å². The number of nitrogens with zero attached hydrogens (tertiary/aromatic N) is 1. The highest BCUT2D eigenvalue weighted by Crippen LogP contribution is 2.17. The minimum absolute atomic E-state index is 0.232. The summed E-state index contributed by atoms with van der Waals surface area (Å²) in [5.41, 5.74) is 2.30. The molecule has 88 valence electrons. The monoisotopic (exact) mass is 221 g/mol. The molecule has 0 amide bonds. The van der Waals surface area contributed by atoms with Crippen molar-refractivity contribution in [2.24, 2.45) is 0 Å². The van der Waals surface area contributed by atoms with Crippen LogP contribution in [0, 0.1) is 0 Å². The van der Waals surface area contributed by atoms with Crippen molar-refractivity contribution in [1.82, 2.24) is 4.98 Å². The van der Waals surface area contributed by atoms with Gasteiger partial charge in [0.05, 0.1) is 0 Å². The molecule has 1 heterocycles. The summed E-state index contributed by atoms with van der Waals surface area (Å²) in [6.07, 6.45) is 6.53. The molecule has 0 fully saturated rings. The van der Waals surface area contributed by atoms with E-state index in [0.717, 1.165) is 43.2 Å². The molecule has 1 N–H and O–H groups in total. The van der Waals surface area contributed by atoms with E-state index in [1.807, 2.05) is 6.07 Å². The van der Waals surface area contributed by atoms with Crippen LogP contribution >= 0.6 is 0 Å². The maximum absolute atomic E-state index is 11.1. The lowest BCUT2D eigenvalue weighted by Crippen LogP contribution is -2.08. The van der Waals surface area contributed by atoms with E-state index in [2.05, 4.69) is 18.8 Å². The van der Waals surface area contributed by atoms with Gasteiger partial charge in [-0.2, -0.15) is 0 Å². The Balaban J connectivity index is 3.05. The molecule has 1 aromatic rings. The summed E-state index contributed by atoms with van der Waals surface area (Å²) in [5.74, 6) is -0.915. The number of aromatic nitrogens is 1. The fourth-order valence-electron chi connectivity index (χ4n) is 1.85. The quantitative estimate of drug-likeness (QED) is 0.803. The van der Waals surface area contributed by atoms with Gasteiger partial charge in [-0.1, -0.05) is 26.7 Å². The van der Waals surface area contributed by atoms with E-state index in [1.54, 1.807) is 6.20 Å². The van der Waals surface area contributed by atoms with Crippen molar-refractivity contribution in [2.45, 2.75) is 46.0 Å². The summed E-state index contributed by atoms with van der Waals surface area (Å²) in [5, 5.41) is 9.08. The van der Waals surface area contributed by atoms with Crippen LogP contribution in [0.4, 0.5) is 0 Å². The molecule has 0 spiro atoms. The van der Waals surface area contributed by atoms with Crippen molar-refractivity contribution in [1.29, 1.82) is 0 Å². The molecule has 0 aliphatic rings. The number of hydrogen-bond donors (Lipinski definition) is 1. The first-order valence-electron chi connectivity index (χ1n) is 5.90. The SMILES string of the molecule is CCCCc1ccnc(C(=O)O)c1CCC. The average molecular weight is 221 g/mol. The van der Waals surface area contributed by atoms with Crippen molar-refractivity contribution >= 4 is 5.97 Å². The normalized spacial score (nSPS) is 10.4. The Morgan fingerprint density at radius 1 is 1.31 bits per heavy atom. The number of carbonyl (C=O) groups is 1. The van der Waals surface area contributed by atoms with Crippen molar-refractivity contribution in [3.05, 3.63) is 29.1 Å². The number of carboxylic acids is 1. The van der Waals surface area contributed by atoms with Crippen LogP contribution in [-0.4, -0.2) is 16.1 Å². The number of rotatable bonds is 6. The number of hydrogen-bond acceptors (Lipinski definition) is 2. The van der Waals surface area contributed by atoms with E-state index in [0.29, 0.717) is 0 Å². The summed E-state index contributed by atoms with van der Waals surface area (Å²) < 4.78 is 0. The van der Waals surface area contributed by atoms with Crippen LogP contribution in [0.2, 0.25) is 0 Å². The number of pyridine rings is 1. The largest absolute Gasteiger partial charge is 0.477 e. The summed E-state index contributed by atoms with van der Waals surface area (Å²) in [6.45, 7) is 4.20. The fourth-order valence-corrected chi connectivity index (χ4v) is 1.85. The van der Waals surface area contributed by atoms with Crippen molar-refractivity contribution in [2.75, 3.05) is 0 Å². The van der Waals surface area contributed by atoms with Gasteiger partial charge in [-0.25, -0.2) is 9.78 Å². The first-order chi connectivity index (χ1) is 7.70. The van der Waals surface area contributed by atoms with E-state index in [9.17, 15) is 4.79 Å². The van der Waals surface area contributed by atoms with Crippen LogP contribution in [0.3, 0.4) is 0 Å². The number of unbranched alkanes of at least 4 members (excludes halogenated alkanes) is 1. The Morgan fingerprint density at radius 2 is 2.06 bits per heavy atom. The molecular weight excluding hydrogens is 202 g/mol. The molecule has 0 saturated carbocycles. The molecular formula is C13H19NO2. The van der Waals surface area contributed by atoms with Gasteiger partial charge >= 0.3 is 5.97 Å². The van der Waals surface area contributed by atoms with Gasteiger partial charge in [-0.05, 0) is 36.5 Å². The summed E-state index contributed by atoms with van der Waals surface area (Å²) >= 11 is 0. The Labute approximate surface area is 96.5 Å². The van der Waals surface area contributed by atoms with Crippen LogP contribution in [0.5, 0.6) is 0 Å². The fraction of sp³-hybridized carbons (Fsp3) is 0.538. The second-order valence-electron chi connectivity index (χ2n) is 3.96. The van der Waals surface area contributed by atoms with Crippen LogP contribution < -0.4 is 0 Å². The summed E-state index contributed by atoms with van der Waals surface area (Å²) in [7, 11) is 0. The molecule has 1 aromatic heterocycles. The number of aryl methyl sites for hydroxylation is 1. The first-order valence-corrected chi connectivity index (χ1v) is 5.90. The van der Waals surface area contributed by atoms with E-state index >= 15 is 0 Å². The Morgan fingerprint density at radius 3 is 2.62 bits per heavy atom. The highest BCUT2D eigenvalue weighted by molar-refractivity contribution is 5.87. The minimum Gasteiger partial charge on any atom is -0.477 e. The lowest BCUT2D eigenvalue weighted by molar-refractivity contribution is 0.0689. The van der Waals surface area contributed by atoms with E-state index < -0.39 is 5.97 Å². The van der Waals surface area contributed by atoms with Crippen molar-refractivity contribution in [3.63, 3.8) is 0 Å². The third kappa shape index (κ3) is 3.05. The molecule has 0 saturated heterocycles. The molecule has 1 rings (SSSR count). The molecule has 3 nitrogen and oxygen atoms in total. The summed E-state index contributed by atoms with van der Waals surface area (Å²) in [6, 6.07) is 1.95. The molecule has 16 heavy (non-hydrogen) atoms. The van der Waals surface area contributed by atoms with Gasteiger partial charge in [0.25, 0.3) is 0 Å². The second kappa shape index (κ2) is 6.26. The topological polar surface area (TPSA) is 50.2 Å². The molecule has 0 atom stereocenters. The molecule has 0 aliphatic heterocycles. The van der Waals surface area contributed by atoms with Gasteiger partial charge in [-0.3, -0.25) is 0 Å². The van der Waals surface area contributed by atoms with Crippen LogP contribution in [0.15, 0.2) is 12.3 Å². The molecule has 3 heteroatoms. The van der Waals surface area contributed by atoms with E-state index in [-0.39, 0.29) is 5.69 Å². The zero-order chi connectivity index (χ0) is 12.0. The van der Waals surface area contributed by atoms with Crippen LogP contribution in [-0.2, 0) is 12.8 Å². The average Bonchev–Trinajstić information content (AvgIpc) is 2.27. The predicted octanol–water partition coefficient (Wildman–Crippen LogP) is 3.07. The molecule has 0 unspecified atom stereocenters. The zero-order valence-electron chi connectivity index (χ0n) is 9.99. The summed E-state index contributed by atoms with van der Waals surface area (Å²) in [4.78, 5) is 15.0. The van der Waals surface area contributed by atoms with Crippen molar-refractivity contribution in [3.8, 4) is 0 Å². The van der Waals surface area contributed by atoms with Gasteiger partial charge in [0.15, 0.2) is 5.69 Å². The van der Waals surface area contributed by atoms with E-state index in [1.165, 1.54) is 0 Å². The third-order valence-electron chi connectivity index (χ3n) is 2.66. The van der Waals surface area contributed by atoms with Crippen molar-refractivity contribution < 1.29 is 9.90 Å². The predicted molar refractivity (Wildman–Crippen MR) is 63.8 cm³/mol. The molecule has 0 aromatic carbocycles. The lowest BCUT2D eigenvalue weighted by Gasteiger charge is -2.10. The van der Waals surface area contributed by atoms with Gasteiger partial charge in [0, 0.05) is 6.20 Å². The van der Waals surface area contributed by atoms with E-state index in [4.69, 9.17) is 5.11 Å². The lowest BCUT2D eigenvalue weighted by atomic mass is 9.98. The number of carboxylic acid groups (broad SMARTS) is 1. The Kier molecular flexibility index (Phi) is 4.96. The standard InChI is InChI=1S/C13H19NO2/c1-3-5-7-10-8-9-14-12(13(15)16)11(10)6-4-2/h8-9H,3-7H2,1-2H3,(H,15,16). The first kappa shape index (κ1) is 12.7. The van der Waals surface area contributed by atoms with Crippen LogP contribution in [0.1, 0.15) is 54.7 Å². The maximum Gasteiger partial charge on any atom is 0.354 e. The van der Waals surface area contributed by atoms with Gasteiger partial charge < -0.3 is 5.11 Å².